The Morgan fingerprint density at radius 3 is 2.92 bits per heavy atom. The van der Waals surface area contributed by atoms with Gasteiger partial charge in [0, 0.05) is 0 Å². The summed E-state index contributed by atoms with van der Waals surface area (Å²) in [6.07, 6.45) is 0. The molecule has 1 aliphatic heterocycles. The highest BCUT2D eigenvalue weighted by molar-refractivity contribution is 8.00. The van der Waals surface area contributed by atoms with Crippen molar-refractivity contribution in [1.29, 1.82) is 0 Å². The van der Waals surface area contributed by atoms with E-state index in [0.29, 0.717) is 0 Å². The number of aromatic nitrogens is 2. The summed E-state index contributed by atoms with van der Waals surface area (Å²) >= 11 is 1.10. The third kappa shape index (κ3) is 1.00. The fourth-order valence-electron chi connectivity index (χ4n) is 1.01. The molecule has 2 heterocycles. The number of nitrogens with two attached hydrogens (primary N) is 1. The summed E-state index contributed by atoms with van der Waals surface area (Å²) in [5.74, 6) is -0.715. The third-order valence-corrected chi connectivity index (χ3v) is 2.56. The minimum absolute atomic E-state index is 0.158. The molecule has 1 aliphatic rings. The monoisotopic (exact) mass is 199 g/mol. The number of carbonyl (C=O) groups excluding carboxylic acids is 1. The van der Waals surface area contributed by atoms with Crippen LogP contribution in [0.4, 0.5) is 5.69 Å². The van der Waals surface area contributed by atoms with Crippen LogP contribution in [0, 0.1) is 0 Å². The summed E-state index contributed by atoms with van der Waals surface area (Å²) < 4.78 is 0.875. The van der Waals surface area contributed by atoms with Gasteiger partial charge in [0.1, 0.15) is 0 Å². The highest BCUT2D eigenvalue weighted by Crippen LogP contribution is 2.24. The maximum absolute atomic E-state index is 11.3. The highest BCUT2D eigenvalue weighted by Gasteiger charge is 2.25. The van der Waals surface area contributed by atoms with E-state index in [-0.39, 0.29) is 22.5 Å². The van der Waals surface area contributed by atoms with E-state index in [9.17, 15) is 9.59 Å². The van der Waals surface area contributed by atoms with Crippen molar-refractivity contribution in [2.24, 2.45) is 0 Å². The number of nitrogens with zero attached hydrogens (tertiary/aromatic N) is 2. The molecule has 0 saturated heterocycles. The van der Waals surface area contributed by atoms with Gasteiger partial charge in [-0.05, 0) is 0 Å². The largest absolute Gasteiger partial charge is 0.492 e. The van der Waals surface area contributed by atoms with Crippen molar-refractivity contribution in [1.82, 2.24) is 9.55 Å². The molecule has 0 saturated carbocycles. The van der Waals surface area contributed by atoms with Crippen molar-refractivity contribution in [3.05, 3.63) is 10.4 Å². The van der Waals surface area contributed by atoms with Crippen LogP contribution >= 0.6 is 11.8 Å². The normalized spacial score (nSPS) is 14.6. The molecule has 0 fully saturated rings. The first-order chi connectivity index (χ1) is 6.11. The molecule has 0 spiro atoms. The number of aromatic hydroxyl groups is 1. The predicted octanol–water partition coefficient (Wildman–Crippen LogP) is -0.723. The van der Waals surface area contributed by atoms with E-state index in [1.165, 1.54) is 0 Å². The van der Waals surface area contributed by atoms with E-state index in [0.717, 1.165) is 16.3 Å². The van der Waals surface area contributed by atoms with E-state index < -0.39 is 11.4 Å². The molecule has 0 atom stereocenters. The molecular weight excluding hydrogens is 194 g/mol. The van der Waals surface area contributed by atoms with Crippen LogP contribution in [0.3, 0.4) is 0 Å². The second kappa shape index (κ2) is 2.49. The molecule has 6 nitrogen and oxygen atoms in total. The molecule has 0 amide bonds. The number of nitrogen functional groups attached to an aromatic ring is 1. The fourth-order valence-corrected chi connectivity index (χ4v) is 1.86. The summed E-state index contributed by atoms with van der Waals surface area (Å²) in [6.45, 7) is 0. The van der Waals surface area contributed by atoms with Gasteiger partial charge in [-0.25, -0.2) is 4.57 Å². The molecule has 1 aromatic heterocycles. The molecule has 2 rings (SSSR count). The van der Waals surface area contributed by atoms with Gasteiger partial charge in [0.2, 0.25) is 11.8 Å². The quantitative estimate of drug-likeness (QED) is 0.535. The standard InChI is InChI=1S/C6H5N3O3S/c7-3-4(11)8-6-9(5(3)12)2(10)1-13-6/h11H,1,7H2. The lowest BCUT2D eigenvalue weighted by molar-refractivity contribution is 0.0933. The number of carbonyl (C=O) groups is 1. The average Bonchev–Trinajstić information content (AvgIpc) is 2.43. The molecule has 0 unspecified atom stereocenters. The van der Waals surface area contributed by atoms with Crippen LogP contribution in [-0.2, 0) is 0 Å². The Hall–Kier alpha value is -1.50. The fraction of sp³-hybridized carbons (Fsp3) is 0.167. The molecule has 3 N–H and O–H groups in total. The van der Waals surface area contributed by atoms with Crippen LogP contribution in [0.25, 0.3) is 0 Å². The molecule has 13 heavy (non-hydrogen) atoms. The van der Waals surface area contributed by atoms with E-state index in [1.807, 2.05) is 0 Å². The van der Waals surface area contributed by atoms with Crippen molar-refractivity contribution in [3.8, 4) is 5.88 Å². The van der Waals surface area contributed by atoms with Crippen LogP contribution in [0.5, 0.6) is 5.88 Å². The molecule has 0 radical (unpaired) electrons. The van der Waals surface area contributed by atoms with Crippen LogP contribution in [-0.4, -0.2) is 26.3 Å². The van der Waals surface area contributed by atoms with E-state index in [2.05, 4.69) is 4.98 Å². The van der Waals surface area contributed by atoms with E-state index in [4.69, 9.17) is 10.8 Å². The van der Waals surface area contributed by atoms with Gasteiger partial charge in [-0.3, -0.25) is 9.59 Å². The first-order valence-corrected chi connectivity index (χ1v) is 4.37. The first-order valence-electron chi connectivity index (χ1n) is 3.38. The minimum atomic E-state index is -0.697. The zero-order valence-electron chi connectivity index (χ0n) is 6.35. The molecule has 0 aromatic carbocycles. The number of rotatable bonds is 0. The van der Waals surface area contributed by atoms with Crippen molar-refractivity contribution < 1.29 is 9.90 Å². The number of fused-ring (bicyclic) bond motifs is 1. The summed E-state index contributed by atoms with van der Waals surface area (Å²) in [6, 6.07) is 0. The highest BCUT2D eigenvalue weighted by atomic mass is 32.2. The van der Waals surface area contributed by atoms with E-state index in [1.54, 1.807) is 0 Å². The van der Waals surface area contributed by atoms with Gasteiger partial charge in [-0.15, -0.1) is 0 Å². The summed E-state index contributed by atoms with van der Waals surface area (Å²) in [4.78, 5) is 26.0. The Morgan fingerprint density at radius 2 is 2.23 bits per heavy atom. The zero-order chi connectivity index (χ0) is 9.59. The third-order valence-electron chi connectivity index (χ3n) is 1.64. The van der Waals surface area contributed by atoms with Crippen LogP contribution in [0.15, 0.2) is 9.95 Å². The summed E-state index contributed by atoms with van der Waals surface area (Å²) in [5.41, 5.74) is 4.12. The average molecular weight is 199 g/mol. The van der Waals surface area contributed by atoms with Crippen LogP contribution < -0.4 is 11.3 Å². The first kappa shape index (κ1) is 8.11. The van der Waals surface area contributed by atoms with Crippen molar-refractivity contribution in [3.63, 3.8) is 0 Å². The van der Waals surface area contributed by atoms with Crippen molar-refractivity contribution in [2.75, 3.05) is 11.5 Å². The summed E-state index contributed by atoms with van der Waals surface area (Å²) in [5, 5.41) is 9.27. The SMILES string of the molecule is Nc1c(O)nc2n(c1=O)C(=O)CS2. The maximum atomic E-state index is 11.3. The molecule has 0 bridgehead atoms. The molecule has 0 aliphatic carbocycles. The van der Waals surface area contributed by atoms with Crippen molar-refractivity contribution in [2.45, 2.75) is 5.16 Å². The molecule has 68 valence electrons. The number of hydrogen-bond acceptors (Lipinski definition) is 6. The smallest absolute Gasteiger partial charge is 0.288 e. The second-order valence-electron chi connectivity index (χ2n) is 2.45. The topological polar surface area (TPSA) is 98.2 Å². The van der Waals surface area contributed by atoms with E-state index >= 15 is 0 Å². The van der Waals surface area contributed by atoms with Crippen molar-refractivity contribution >= 4 is 23.4 Å². The molecule has 1 aromatic rings. The van der Waals surface area contributed by atoms with Gasteiger partial charge in [0.25, 0.3) is 5.56 Å². The lowest BCUT2D eigenvalue weighted by atomic mass is 10.5. The lowest BCUT2D eigenvalue weighted by Crippen LogP contribution is -2.27. The Kier molecular flexibility index (Phi) is 1.56. The Bertz CT molecular complexity index is 453. The molecule has 7 heteroatoms. The number of hydrogen-bond donors (Lipinski definition) is 2. The maximum Gasteiger partial charge on any atom is 0.288 e. The zero-order valence-corrected chi connectivity index (χ0v) is 7.17. The molecular formula is C6H5N3O3S. The van der Waals surface area contributed by atoms with Gasteiger partial charge >= 0.3 is 0 Å². The van der Waals surface area contributed by atoms with Gasteiger partial charge in [-0.1, -0.05) is 11.8 Å². The van der Waals surface area contributed by atoms with Gasteiger partial charge in [0.05, 0.1) is 5.75 Å². The van der Waals surface area contributed by atoms with Gasteiger partial charge in [-0.2, -0.15) is 4.98 Å². The second-order valence-corrected chi connectivity index (χ2v) is 3.40. The Morgan fingerprint density at radius 1 is 1.54 bits per heavy atom. The minimum Gasteiger partial charge on any atom is -0.492 e. The Labute approximate surface area is 76.4 Å². The van der Waals surface area contributed by atoms with Gasteiger partial charge in [0.15, 0.2) is 10.8 Å². The number of anilines is 1. The van der Waals surface area contributed by atoms with Crippen LogP contribution in [0.1, 0.15) is 4.79 Å². The summed E-state index contributed by atoms with van der Waals surface area (Å²) in [7, 11) is 0. The number of thioether (sulfide) groups is 1. The lowest BCUT2D eigenvalue weighted by Gasteiger charge is -2.01. The Balaban J connectivity index is 2.83. The van der Waals surface area contributed by atoms with Crippen LogP contribution in [0.2, 0.25) is 0 Å². The predicted molar refractivity (Wildman–Crippen MR) is 45.9 cm³/mol. The van der Waals surface area contributed by atoms with Gasteiger partial charge < -0.3 is 10.8 Å².